The number of benzene rings is 1. The Morgan fingerprint density at radius 1 is 0.792 bits per heavy atom. The molecule has 0 atom stereocenters. The van der Waals surface area contributed by atoms with Gasteiger partial charge in [-0.1, -0.05) is 12.5 Å². The van der Waals surface area contributed by atoms with Crippen molar-refractivity contribution in [2.24, 2.45) is 0 Å². The second kappa shape index (κ2) is 13.9. The fraction of sp³-hybridized carbons (Fsp3) is 0.667. The molecule has 6 nitrogen and oxygen atoms in total. The van der Waals surface area contributed by atoms with Crippen LogP contribution in [0, 0.1) is 0 Å². The fourth-order valence-electron chi connectivity index (χ4n) is 2.13. The number of unbranched alkanes of at least 4 members (excludes halogenated alkanes) is 3. The zero-order chi connectivity index (χ0) is 17.5. The summed E-state index contributed by atoms with van der Waals surface area (Å²) in [5.41, 5.74) is 0. The predicted octanol–water partition coefficient (Wildman–Crippen LogP) is 3.02. The smallest absolute Gasteiger partial charge is 0.203 e. The van der Waals surface area contributed by atoms with E-state index < -0.39 is 0 Å². The number of aromatic hydroxyl groups is 1. The lowest BCUT2D eigenvalue weighted by Gasteiger charge is -2.11. The van der Waals surface area contributed by atoms with Gasteiger partial charge in [-0.3, -0.25) is 0 Å². The zero-order valence-electron chi connectivity index (χ0n) is 14.8. The van der Waals surface area contributed by atoms with Crippen molar-refractivity contribution in [1.29, 1.82) is 0 Å². The van der Waals surface area contributed by atoms with E-state index >= 15 is 0 Å². The molecule has 1 rings (SSSR count). The van der Waals surface area contributed by atoms with E-state index in [-0.39, 0.29) is 5.75 Å². The number of ether oxygens (including phenoxy) is 5. The maximum atomic E-state index is 9.66. The van der Waals surface area contributed by atoms with Crippen molar-refractivity contribution >= 4 is 0 Å². The average molecular weight is 342 g/mol. The Hall–Kier alpha value is -1.50. The largest absolute Gasteiger partial charge is 0.504 e. The first-order valence-electron chi connectivity index (χ1n) is 8.42. The summed E-state index contributed by atoms with van der Waals surface area (Å²) in [6.45, 7) is 3.84. The third-order valence-corrected chi connectivity index (χ3v) is 3.41. The molecule has 6 heteroatoms. The molecule has 0 fully saturated rings. The first kappa shape index (κ1) is 20.5. The molecule has 0 radical (unpaired) electrons. The van der Waals surface area contributed by atoms with Crippen LogP contribution >= 0.6 is 0 Å². The topological polar surface area (TPSA) is 66.4 Å². The van der Waals surface area contributed by atoms with Crippen LogP contribution in [0.15, 0.2) is 18.2 Å². The van der Waals surface area contributed by atoms with Gasteiger partial charge in [0.25, 0.3) is 0 Å². The molecule has 0 unspecified atom stereocenters. The number of para-hydroxylation sites is 1. The molecular weight excluding hydrogens is 312 g/mol. The van der Waals surface area contributed by atoms with Crippen molar-refractivity contribution in [2.75, 3.05) is 53.9 Å². The molecule has 0 aliphatic heterocycles. The second-order valence-electron chi connectivity index (χ2n) is 5.29. The Morgan fingerprint density at radius 3 is 2.17 bits per heavy atom. The van der Waals surface area contributed by atoms with E-state index in [1.807, 2.05) is 0 Å². The molecule has 0 aliphatic carbocycles. The summed E-state index contributed by atoms with van der Waals surface area (Å²) in [5.74, 6) is 1.06. The predicted molar refractivity (Wildman–Crippen MR) is 92.1 cm³/mol. The van der Waals surface area contributed by atoms with Crippen LogP contribution in [-0.2, 0) is 14.2 Å². The fourth-order valence-corrected chi connectivity index (χ4v) is 2.13. The van der Waals surface area contributed by atoms with E-state index in [2.05, 4.69) is 0 Å². The Labute approximate surface area is 144 Å². The second-order valence-corrected chi connectivity index (χ2v) is 5.29. The van der Waals surface area contributed by atoms with Crippen LogP contribution in [-0.4, -0.2) is 59.0 Å². The normalized spacial score (nSPS) is 10.8. The molecule has 0 aromatic heterocycles. The quantitative estimate of drug-likeness (QED) is 0.494. The number of rotatable bonds is 15. The molecule has 1 aromatic rings. The molecule has 0 spiro atoms. The Bertz CT molecular complexity index is 424. The van der Waals surface area contributed by atoms with E-state index in [1.165, 1.54) is 7.11 Å². The highest BCUT2D eigenvalue weighted by atomic mass is 16.5. The van der Waals surface area contributed by atoms with Crippen LogP contribution < -0.4 is 9.47 Å². The molecule has 0 heterocycles. The van der Waals surface area contributed by atoms with Crippen LogP contribution in [0.4, 0.5) is 0 Å². The van der Waals surface area contributed by atoms with Gasteiger partial charge >= 0.3 is 0 Å². The van der Waals surface area contributed by atoms with Crippen LogP contribution in [0.5, 0.6) is 17.2 Å². The van der Waals surface area contributed by atoms with E-state index in [1.54, 1.807) is 25.3 Å². The van der Waals surface area contributed by atoms with Gasteiger partial charge in [-0.15, -0.1) is 0 Å². The molecule has 24 heavy (non-hydrogen) atoms. The van der Waals surface area contributed by atoms with Crippen molar-refractivity contribution < 1.29 is 28.8 Å². The highest BCUT2D eigenvalue weighted by Gasteiger charge is 2.08. The van der Waals surface area contributed by atoms with Gasteiger partial charge < -0.3 is 28.8 Å². The SMILES string of the molecule is COCCOCCOCCCCCCOc1cccc(O)c1OC. The lowest BCUT2D eigenvalue weighted by Crippen LogP contribution is -2.08. The third-order valence-electron chi connectivity index (χ3n) is 3.41. The standard InChI is InChI=1S/C18H30O6/c1-20-12-13-23-15-14-22-10-5-3-4-6-11-24-17-9-7-8-16(19)18(17)21-2/h7-9,19H,3-6,10-15H2,1-2H3. The molecule has 138 valence electrons. The van der Waals surface area contributed by atoms with Crippen LogP contribution in [0.3, 0.4) is 0 Å². The van der Waals surface area contributed by atoms with Crippen LogP contribution in [0.2, 0.25) is 0 Å². The molecule has 1 N–H and O–H groups in total. The molecule has 0 amide bonds. The summed E-state index contributed by atoms with van der Waals surface area (Å²) in [6.07, 6.45) is 4.17. The van der Waals surface area contributed by atoms with Gasteiger partial charge in [-0.05, 0) is 31.4 Å². The van der Waals surface area contributed by atoms with E-state index in [0.717, 1.165) is 32.3 Å². The van der Waals surface area contributed by atoms with Crippen LogP contribution in [0.25, 0.3) is 0 Å². The maximum absolute atomic E-state index is 9.66. The van der Waals surface area contributed by atoms with Crippen molar-refractivity contribution in [1.82, 2.24) is 0 Å². The van der Waals surface area contributed by atoms with Gasteiger partial charge in [0.1, 0.15) is 0 Å². The maximum Gasteiger partial charge on any atom is 0.203 e. The lowest BCUT2D eigenvalue weighted by atomic mass is 10.2. The van der Waals surface area contributed by atoms with Crippen molar-refractivity contribution in [3.63, 3.8) is 0 Å². The summed E-state index contributed by atoms with van der Waals surface area (Å²) in [6, 6.07) is 5.11. The Kier molecular flexibility index (Phi) is 11.9. The molecule has 1 aromatic carbocycles. The molecule has 0 saturated heterocycles. The van der Waals surface area contributed by atoms with Gasteiger partial charge in [0, 0.05) is 13.7 Å². The monoisotopic (exact) mass is 342 g/mol. The first-order chi connectivity index (χ1) is 11.8. The number of hydrogen-bond acceptors (Lipinski definition) is 6. The Morgan fingerprint density at radius 2 is 1.46 bits per heavy atom. The number of phenols is 1. The summed E-state index contributed by atoms with van der Waals surface area (Å²) in [4.78, 5) is 0. The van der Waals surface area contributed by atoms with Gasteiger partial charge in [0.05, 0.1) is 40.1 Å². The molecular formula is C18H30O6. The van der Waals surface area contributed by atoms with E-state index in [4.69, 9.17) is 23.7 Å². The molecule has 0 bridgehead atoms. The number of hydrogen-bond donors (Lipinski definition) is 1. The van der Waals surface area contributed by atoms with Crippen molar-refractivity contribution in [2.45, 2.75) is 25.7 Å². The summed E-state index contributed by atoms with van der Waals surface area (Å²) >= 11 is 0. The molecule has 0 aliphatic rings. The minimum Gasteiger partial charge on any atom is -0.504 e. The summed E-state index contributed by atoms with van der Waals surface area (Å²) in [5, 5.41) is 9.66. The van der Waals surface area contributed by atoms with E-state index in [9.17, 15) is 5.11 Å². The number of methoxy groups -OCH3 is 2. The third kappa shape index (κ3) is 8.96. The summed E-state index contributed by atoms with van der Waals surface area (Å²) < 4.78 is 26.5. The minimum absolute atomic E-state index is 0.0957. The van der Waals surface area contributed by atoms with Crippen LogP contribution in [0.1, 0.15) is 25.7 Å². The Balaban J connectivity index is 1.93. The average Bonchev–Trinajstić information content (AvgIpc) is 2.59. The van der Waals surface area contributed by atoms with Gasteiger partial charge in [-0.25, -0.2) is 0 Å². The highest BCUT2D eigenvalue weighted by molar-refractivity contribution is 5.50. The summed E-state index contributed by atoms with van der Waals surface area (Å²) in [7, 11) is 3.18. The van der Waals surface area contributed by atoms with Gasteiger partial charge in [0.15, 0.2) is 11.5 Å². The highest BCUT2D eigenvalue weighted by Crippen LogP contribution is 2.35. The van der Waals surface area contributed by atoms with E-state index in [0.29, 0.717) is 44.5 Å². The van der Waals surface area contributed by atoms with Crippen molar-refractivity contribution in [3.05, 3.63) is 18.2 Å². The minimum atomic E-state index is 0.0957. The van der Waals surface area contributed by atoms with Crippen molar-refractivity contribution in [3.8, 4) is 17.2 Å². The number of phenolic OH excluding ortho intramolecular Hbond substituents is 1. The molecule has 0 saturated carbocycles. The zero-order valence-corrected chi connectivity index (χ0v) is 14.8. The van der Waals surface area contributed by atoms with Gasteiger partial charge in [-0.2, -0.15) is 0 Å². The lowest BCUT2D eigenvalue weighted by molar-refractivity contribution is 0.0239. The van der Waals surface area contributed by atoms with Gasteiger partial charge in [0.2, 0.25) is 5.75 Å². The first-order valence-corrected chi connectivity index (χ1v) is 8.42.